The maximum Gasteiger partial charge on any atom is 0.338 e. The largest absolute Gasteiger partial charge is 0.463 e. The van der Waals surface area contributed by atoms with E-state index in [-0.39, 0.29) is 19.0 Å². The van der Waals surface area contributed by atoms with Gasteiger partial charge in [0, 0.05) is 10.5 Å². The van der Waals surface area contributed by atoms with Crippen LogP contribution in [0.3, 0.4) is 0 Å². The van der Waals surface area contributed by atoms with Gasteiger partial charge in [-0.25, -0.2) is 9.79 Å². The molecule has 0 saturated carbocycles. The first-order valence-electron chi connectivity index (χ1n) is 10.4. The van der Waals surface area contributed by atoms with Crippen molar-refractivity contribution in [2.24, 2.45) is 4.99 Å². The fourth-order valence-corrected chi connectivity index (χ4v) is 5.45. The monoisotopic (exact) mass is 560 g/mol. The van der Waals surface area contributed by atoms with Crippen molar-refractivity contribution in [3.05, 3.63) is 88.0 Å². The summed E-state index contributed by atoms with van der Waals surface area (Å²) >= 11 is 11.1. The molecule has 2 aliphatic heterocycles. The third-order valence-corrected chi connectivity index (χ3v) is 7.32. The van der Waals surface area contributed by atoms with Gasteiger partial charge in [0.25, 0.3) is 5.56 Å². The van der Waals surface area contributed by atoms with Gasteiger partial charge in [0.2, 0.25) is 6.79 Å². The van der Waals surface area contributed by atoms with Crippen molar-refractivity contribution in [2.75, 3.05) is 13.4 Å². The zero-order chi connectivity index (χ0) is 24.0. The highest BCUT2D eigenvalue weighted by molar-refractivity contribution is 9.10. The van der Waals surface area contributed by atoms with Crippen LogP contribution >= 0.6 is 38.9 Å². The Morgan fingerprint density at radius 1 is 1.29 bits per heavy atom. The summed E-state index contributed by atoms with van der Waals surface area (Å²) in [6, 6.07) is 10.2. The summed E-state index contributed by atoms with van der Waals surface area (Å²) in [5, 5.41) is 0.433. The van der Waals surface area contributed by atoms with Crippen molar-refractivity contribution in [3.8, 4) is 11.5 Å². The summed E-state index contributed by atoms with van der Waals surface area (Å²) < 4.78 is 19.0. The zero-order valence-electron chi connectivity index (χ0n) is 18.1. The van der Waals surface area contributed by atoms with Crippen LogP contribution in [0.1, 0.15) is 31.0 Å². The van der Waals surface area contributed by atoms with Crippen LogP contribution in [0, 0.1) is 0 Å². The zero-order valence-corrected chi connectivity index (χ0v) is 21.3. The van der Waals surface area contributed by atoms with E-state index in [0.717, 1.165) is 10.0 Å². The van der Waals surface area contributed by atoms with Crippen molar-refractivity contribution < 1.29 is 19.0 Å². The Labute approximate surface area is 211 Å². The summed E-state index contributed by atoms with van der Waals surface area (Å²) in [4.78, 5) is 31.6. The quantitative estimate of drug-likeness (QED) is 0.451. The highest BCUT2D eigenvalue weighted by atomic mass is 79.9. The molecule has 3 heterocycles. The topological polar surface area (TPSA) is 79.1 Å². The fraction of sp³-hybridized carbons (Fsp3) is 0.208. The number of nitrogens with zero attached hydrogens (tertiary/aromatic N) is 2. The number of rotatable bonds is 4. The number of hydrogen-bond donors (Lipinski definition) is 0. The van der Waals surface area contributed by atoms with Gasteiger partial charge in [-0.15, -0.1) is 0 Å². The molecule has 1 atom stereocenters. The standard InChI is InChI=1S/C24H18BrClN2O5S/c1-3-31-23(30)20-12(2)27-24-28(21(20)13-4-6-15(25)7-5-13)22(29)19(34-24)9-14-8-17-18(10-16(14)26)33-11-32-17/h4-10,21H,3,11H2,1-2H3/b19-9+. The molecule has 5 rings (SSSR count). The minimum Gasteiger partial charge on any atom is -0.463 e. The molecule has 0 spiro atoms. The highest BCUT2D eigenvalue weighted by Crippen LogP contribution is 2.37. The first kappa shape index (κ1) is 22.9. The Balaban J connectivity index is 1.71. The predicted octanol–water partition coefficient (Wildman–Crippen LogP) is 3.94. The van der Waals surface area contributed by atoms with Gasteiger partial charge in [-0.2, -0.15) is 0 Å². The Morgan fingerprint density at radius 2 is 2.00 bits per heavy atom. The number of thiazole rings is 1. The molecule has 0 aliphatic carbocycles. The molecule has 3 aromatic rings. The van der Waals surface area contributed by atoms with E-state index in [0.29, 0.717) is 42.7 Å². The lowest BCUT2D eigenvalue weighted by Gasteiger charge is -2.24. The summed E-state index contributed by atoms with van der Waals surface area (Å²) in [6.45, 7) is 3.84. The number of ether oxygens (including phenoxy) is 3. The van der Waals surface area contributed by atoms with Crippen LogP contribution in [-0.2, 0) is 9.53 Å². The Hall–Kier alpha value is -2.88. The van der Waals surface area contributed by atoms with Crippen LogP contribution in [-0.4, -0.2) is 23.9 Å². The number of carbonyl (C=O) groups excluding carboxylic acids is 1. The number of halogens is 2. The average Bonchev–Trinajstić information content (AvgIpc) is 3.37. The SMILES string of the molecule is CCOC(=O)C1=C(C)N=c2s/c(=C/c3cc4c(cc3Cl)OCO4)c(=O)n2C1c1ccc(Br)cc1. The second-order valence-corrected chi connectivity index (χ2v) is 9.91. The van der Waals surface area contributed by atoms with Crippen molar-refractivity contribution in [1.82, 2.24) is 4.57 Å². The van der Waals surface area contributed by atoms with E-state index in [2.05, 4.69) is 20.9 Å². The Morgan fingerprint density at radius 3 is 2.71 bits per heavy atom. The molecule has 0 N–H and O–H groups in total. The molecule has 174 valence electrons. The number of aromatic nitrogens is 1. The van der Waals surface area contributed by atoms with E-state index in [1.165, 1.54) is 11.3 Å². The van der Waals surface area contributed by atoms with E-state index in [1.807, 2.05) is 24.3 Å². The van der Waals surface area contributed by atoms with Crippen LogP contribution in [0.15, 0.2) is 61.9 Å². The lowest BCUT2D eigenvalue weighted by Crippen LogP contribution is -2.39. The molecule has 10 heteroatoms. The van der Waals surface area contributed by atoms with Gasteiger partial charge >= 0.3 is 5.97 Å². The molecule has 0 saturated heterocycles. The van der Waals surface area contributed by atoms with Crippen molar-refractivity contribution in [1.29, 1.82) is 0 Å². The van der Waals surface area contributed by atoms with Crippen molar-refractivity contribution in [2.45, 2.75) is 19.9 Å². The minimum absolute atomic E-state index is 0.125. The number of benzene rings is 2. The molecule has 7 nitrogen and oxygen atoms in total. The molecule has 1 aromatic heterocycles. The van der Waals surface area contributed by atoms with Gasteiger partial charge in [0.15, 0.2) is 16.3 Å². The smallest absolute Gasteiger partial charge is 0.338 e. The number of carbonyl (C=O) groups is 1. The molecule has 0 amide bonds. The summed E-state index contributed by atoms with van der Waals surface area (Å²) in [6.07, 6.45) is 1.70. The summed E-state index contributed by atoms with van der Waals surface area (Å²) in [7, 11) is 0. The van der Waals surface area contributed by atoms with Gasteiger partial charge < -0.3 is 14.2 Å². The van der Waals surface area contributed by atoms with Gasteiger partial charge in [-0.05, 0) is 49.2 Å². The normalized spacial score (nSPS) is 16.9. The van der Waals surface area contributed by atoms with Crippen LogP contribution in [0.25, 0.3) is 6.08 Å². The van der Waals surface area contributed by atoms with Gasteiger partial charge in [-0.1, -0.05) is 51.0 Å². The van der Waals surface area contributed by atoms with Crippen molar-refractivity contribution in [3.63, 3.8) is 0 Å². The molecular weight excluding hydrogens is 544 g/mol. The second kappa shape index (κ2) is 9.05. The lowest BCUT2D eigenvalue weighted by atomic mass is 9.96. The molecule has 1 unspecified atom stereocenters. The van der Waals surface area contributed by atoms with E-state index >= 15 is 0 Å². The lowest BCUT2D eigenvalue weighted by molar-refractivity contribution is -0.139. The molecule has 2 aliphatic rings. The van der Waals surface area contributed by atoms with E-state index in [4.69, 9.17) is 25.8 Å². The van der Waals surface area contributed by atoms with E-state index in [9.17, 15) is 9.59 Å². The Bertz CT molecular complexity index is 1520. The summed E-state index contributed by atoms with van der Waals surface area (Å²) in [5.74, 6) is 0.634. The van der Waals surface area contributed by atoms with Crippen LogP contribution in [0.5, 0.6) is 11.5 Å². The van der Waals surface area contributed by atoms with Crippen molar-refractivity contribution >= 4 is 50.9 Å². The number of hydrogen-bond acceptors (Lipinski definition) is 7. The van der Waals surface area contributed by atoms with E-state index < -0.39 is 12.0 Å². The third-order valence-electron chi connectivity index (χ3n) is 5.48. The van der Waals surface area contributed by atoms with Gasteiger partial charge in [0.1, 0.15) is 0 Å². The molecule has 0 radical (unpaired) electrons. The van der Waals surface area contributed by atoms with Crippen LogP contribution in [0.4, 0.5) is 0 Å². The van der Waals surface area contributed by atoms with Gasteiger partial charge in [-0.3, -0.25) is 9.36 Å². The summed E-state index contributed by atoms with van der Waals surface area (Å²) in [5.41, 5.74) is 1.97. The minimum atomic E-state index is -0.669. The molecular formula is C24H18BrClN2O5S. The molecule has 0 bridgehead atoms. The predicted molar refractivity (Wildman–Crippen MR) is 132 cm³/mol. The number of fused-ring (bicyclic) bond motifs is 2. The van der Waals surface area contributed by atoms with Crippen LogP contribution < -0.4 is 24.4 Å². The van der Waals surface area contributed by atoms with Gasteiger partial charge in [0.05, 0.1) is 33.5 Å². The first-order valence-corrected chi connectivity index (χ1v) is 12.4. The third kappa shape index (κ3) is 3.97. The average molecular weight is 562 g/mol. The number of esters is 1. The molecule has 2 aromatic carbocycles. The fourth-order valence-electron chi connectivity index (χ4n) is 3.94. The highest BCUT2D eigenvalue weighted by Gasteiger charge is 2.33. The van der Waals surface area contributed by atoms with Crippen LogP contribution in [0.2, 0.25) is 5.02 Å². The maximum absolute atomic E-state index is 13.6. The number of allylic oxidation sites excluding steroid dienone is 1. The maximum atomic E-state index is 13.6. The van der Waals surface area contributed by atoms with E-state index in [1.54, 1.807) is 36.6 Å². The second-order valence-electron chi connectivity index (χ2n) is 7.58. The molecule has 0 fully saturated rings. The Kier molecular flexibility index (Phi) is 6.09. The first-order chi connectivity index (χ1) is 16.4. The molecule has 34 heavy (non-hydrogen) atoms.